The third-order valence-electron chi connectivity index (χ3n) is 1.99. The maximum atomic E-state index is 10.6. The van der Waals surface area contributed by atoms with Crippen LogP contribution in [0.15, 0.2) is 40.7 Å². The summed E-state index contributed by atoms with van der Waals surface area (Å²) in [7, 11) is 0. The van der Waals surface area contributed by atoms with Gasteiger partial charge < -0.3 is 5.73 Å². The highest BCUT2D eigenvalue weighted by molar-refractivity contribution is 5.61. The molecule has 8 nitrogen and oxygen atoms in total. The second-order valence-corrected chi connectivity index (χ2v) is 3.12. The zero-order valence-electron chi connectivity index (χ0n) is 8.57. The molecule has 1 aromatic heterocycles. The molecule has 0 aliphatic heterocycles. The zero-order valence-corrected chi connectivity index (χ0v) is 8.57. The molecule has 8 heteroatoms. The molecule has 0 aliphatic rings. The Kier molecular flexibility index (Phi) is 2.77. The summed E-state index contributed by atoms with van der Waals surface area (Å²) in [4.78, 5) is 9.99. The van der Waals surface area contributed by atoms with Gasteiger partial charge in [-0.25, -0.2) is 0 Å². The highest BCUT2D eigenvalue weighted by atomic mass is 16.6. The smallest absolute Gasteiger partial charge is 0.334 e. The summed E-state index contributed by atoms with van der Waals surface area (Å²) in [6, 6.07) is 6.82. The van der Waals surface area contributed by atoms with Crippen LogP contribution in [0.5, 0.6) is 0 Å². The van der Waals surface area contributed by atoms with Crippen LogP contribution in [-0.4, -0.2) is 15.1 Å². The first-order valence-corrected chi connectivity index (χ1v) is 4.62. The lowest BCUT2D eigenvalue weighted by atomic mass is 10.3. The Bertz CT molecular complexity index is 576. The largest absolute Gasteiger partial charge is 0.397 e. The van der Waals surface area contributed by atoms with E-state index in [1.54, 1.807) is 24.3 Å². The van der Waals surface area contributed by atoms with E-state index in [2.05, 4.69) is 20.4 Å². The topological polar surface area (TPSA) is 123 Å². The summed E-state index contributed by atoms with van der Waals surface area (Å²) in [5, 5.41) is 24.0. The van der Waals surface area contributed by atoms with E-state index in [9.17, 15) is 10.1 Å². The van der Waals surface area contributed by atoms with Crippen LogP contribution < -0.4 is 5.73 Å². The van der Waals surface area contributed by atoms with Crippen LogP contribution in [0.3, 0.4) is 0 Å². The Morgan fingerprint density at radius 2 is 2.12 bits per heavy atom. The van der Waals surface area contributed by atoms with Crippen molar-refractivity contribution >= 4 is 22.9 Å². The van der Waals surface area contributed by atoms with Gasteiger partial charge in [0.05, 0.1) is 10.6 Å². The van der Waals surface area contributed by atoms with Crippen molar-refractivity contribution in [1.82, 2.24) is 10.2 Å². The number of nitrogen functional groups attached to an aromatic ring is 1. The van der Waals surface area contributed by atoms with Crippen LogP contribution >= 0.6 is 0 Å². The normalized spacial score (nSPS) is 10.8. The van der Waals surface area contributed by atoms with Crippen molar-refractivity contribution < 1.29 is 4.92 Å². The van der Waals surface area contributed by atoms with E-state index in [4.69, 9.17) is 5.73 Å². The number of aromatic amines is 1. The molecule has 1 heterocycles. The minimum Gasteiger partial charge on any atom is -0.397 e. The molecule has 86 valence electrons. The van der Waals surface area contributed by atoms with Gasteiger partial charge in [-0.15, -0.1) is 10.2 Å². The number of hydrogen-bond donors (Lipinski definition) is 2. The number of nitro groups is 1. The van der Waals surface area contributed by atoms with Gasteiger partial charge in [-0.05, 0) is 12.1 Å². The summed E-state index contributed by atoms with van der Waals surface area (Å²) in [6.45, 7) is 0. The minimum absolute atomic E-state index is 0.0155. The summed E-state index contributed by atoms with van der Waals surface area (Å²) >= 11 is 0. The van der Waals surface area contributed by atoms with Crippen molar-refractivity contribution in [1.29, 1.82) is 0 Å². The predicted molar refractivity (Wildman–Crippen MR) is 60.3 cm³/mol. The average molecular weight is 232 g/mol. The number of anilines is 1. The van der Waals surface area contributed by atoms with Crippen molar-refractivity contribution in [3.05, 3.63) is 40.6 Å². The summed E-state index contributed by atoms with van der Waals surface area (Å²) in [6.07, 6.45) is 1.07. The number of hydrogen-bond acceptors (Lipinski definition) is 6. The Hall–Kier alpha value is -2.77. The fourth-order valence-corrected chi connectivity index (χ4v) is 1.16. The van der Waals surface area contributed by atoms with Crippen LogP contribution in [0, 0.1) is 10.1 Å². The lowest BCUT2D eigenvalue weighted by Crippen LogP contribution is -1.85. The number of aromatic nitrogens is 2. The van der Waals surface area contributed by atoms with Gasteiger partial charge in [-0.2, -0.15) is 5.10 Å². The number of azo groups is 1. The van der Waals surface area contributed by atoms with Gasteiger partial charge in [0.25, 0.3) is 0 Å². The fourth-order valence-electron chi connectivity index (χ4n) is 1.16. The number of rotatable bonds is 3. The second kappa shape index (κ2) is 4.39. The number of nitrogens with one attached hydrogen (secondary N) is 1. The van der Waals surface area contributed by atoms with E-state index in [1.807, 2.05) is 0 Å². The third-order valence-corrected chi connectivity index (χ3v) is 1.99. The lowest BCUT2D eigenvalue weighted by molar-refractivity contribution is -0.384. The second-order valence-electron chi connectivity index (χ2n) is 3.12. The Balaban J connectivity index is 2.30. The number of H-pyrrole nitrogens is 1. The van der Waals surface area contributed by atoms with E-state index in [1.165, 1.54) is 0 Å². The van der Waals surface area contributed by atoms with Gasteiger partial charge in [0.2, 0.25) is 5.82 Å². The molecule has 0 aliphatic carbocycles. The van der Waals surface area contributed by atoms with Gasteiger partial charge in [-0.3, -0.25) is 15.2 Å². The van der Waals surface area contributed by atoms with Crippen molar-refractivity contribution in [2.45, 2.75) is 0 Å². The van der Waals surface area contributed by atoms with Gasteiger partial charge in [0, 0.05) is 0 Å². The Morgan fingerprint density at radius 3 is 2.82 bits per heavy atom. The first kappa shape index (κ1) is 10.7. The number of para-hydroxylation sites is 1. The molecule has 2 rings (SSSR count). The molecule has 17 heavy (non-hydrogen) atoms. The number of benzene rings is 1. The predicted octanol–water partition coefficient (Wildman–Crippen LogP) is 2.32. The maximum Gasteiger partial charge on any atom is 0.334 e. The van der Waals surface area contributed by atoms with Crippen LogP contribution in [0.2, 0.25) is 0 Å². The van der Waals surface area contributed by atoms with Crippen molar-refractivity contribution in [3.63, 3.8) is 0 Å². The lowest BCUT2D eigenvalue weighted by Gasteiger charge is -1.95. The zero-order chi connectivity index (χ0) is 12.3. The molecule has 0 spiro atoms. The molecular formula is C9H8N6O2. The highest BCUT2D eigenvalue weighted by Crippen LogP contribution is 2.27. The van der Waals surface area contributed by atoms with Gasteiger partial charge >= 0.3 is 5.69 Å². The summed E-state index contributed by atoms with van der Waals surface area (Å²) < 4.78 is 0. The molecule has 3 N–H and O–H groups in total. The van der Waals surface area contributed by atoms with E-state index in [0.29, 0.717) is 11.4 Å². The monoisotopic (exact) mass is 232 g/mol. The quantitative estimate of drug-likeness (QED) is 0.364. The molecule has 0 radical (unpaired) electrons. The maximum absolute atomic E-state index is 10.6. The van der Waals surface area contributed by atoms with Gasteiger partial charge in [0.15, 0.2) is 0 Å². The van der Waals surface area contributed by atoms with Crippen molar-refractivity contribution in [2.75, 3.05) is 5.73 Å². The number of nitrogens with two attached hydrogens (primary N) is 1. The average Bonchev–Trinajstić information content (AvgIpc) is 2.76. The fraction of sp³-hybridized carbons (Fsp3) is 0. The first-order chi connectivity index (χ1) is 8.18. The van der Waals surface area contributed by atoms with E-state index < -0.39 is 4.92 Å². The Labute approximate surface area is 95.3 Å². The molecular weight excluding hydrogens is 224 g/mol. The van der Waals surface area contributed by atoms with E-state index in [-0.39, 0.29) is 11.5 Å². The Morgan fingerprint density at radius 1 is 1.35 bits per heavy atom. The number of nitrogens with zero attached hydrogens (tertiary/aromatic N) is 4. The van der Waals surface area contributed by atoms with Crippen LogP contribution in [0.1, 0.15) is 0 Å². The molecule has 0 atom stereocenters. The van der Waals surface area contributed by atoms with Crippen LogP contribution in [0.25, 0.3) is 0 Å². The molecule has 0 unspecified atom stereocenters. The molecule has 0 saturated heterocycles. The van der Waals surface area contributed by atoms with E-state index >= 15 is 0 Å². The molecule has 1 aromatic carbocycles. The minimum atomic E-state index is -0.591. The standard InChI is InChI=1S/C9H8N6O2/c10-6-3-1-2-4-7(6)12-14-9-8(15(16)17)5-11-13-9/h1-5H,10H2,(H,11,13)/b14-12+. The van der Waals surface area contributed by atoms with Crippen molar-refractivity contribution in [3.8, 4) is 0 Å². The molecule has 0 fully saturated rings. The van der Waals surface area contributed by atoms with Gasteiger partial charge in [0.1, 0.15) is 11.9 Å². The van der Waals surface area contributed by atoms with Crippen molar-refractivity contribution in [2.24, 2.45) is 10.2 Å². The summed E-state index contributed by atoms with van der Waals surface area (Å²) in [5.74, 6) is -0.0155. The molecule has 0 bridgehead atoms. The third kappa shape index (κ3) is 2.25. The molecule has 2 aromatic rings. The SMILES string of the molecule is Nc1ccccc1/N=N/c1[nH]ncc1[N+](=O)[O-]. The van der Waals surface area contributed by atoms with Crippen LogP contribution in [-0.2, 0) is 0 Å². The highest BCUT2D eigenvalue weighted by Gasteiger charge is 2.15. The molecule has 0 saturated carbocycles. The molecule has 0 amide bonds. The first-order valence-electron chi connectivity index (χ1n) is 4.62. The van der Waals surface area contributed by atoms with Crippen LogP contribution in [0.4, 0.5) is 22.9 Å². The van der Waals surface area contributed by atoms with E-state index in [0.717, 1.165) is 6.20 Å². The van der Waals surface area contributed by atoms with Gasteiger partial charge in [-0.1, -0.05) is 12.1 Å². The summed E-state index contributed by atoms with van der Waals surface area (Å²) in [5.41, 5.74) is 6.30.